The number of cyclic esters (lactones) is 1. The minimum atomic E-state index is -2.12. The van der Waals surface area contributed by atoms with E-state index in [4.69, 9.17) is 29.4 Å². The molecule has 0 saturated carbocycles. The number of pyridine rings is 1. The molecular formula is C44H64N10O11. The van der Waals surface area contributed by atoms with Crippen LogP contribution in [0.25, 0.3) is 11.4 Å². The van der Waals surface area contributed by atoms with E-state index in [1.807, 2.05) is 44.1 Å². The molecule has 0 radical (unpaired) electrons. The molecule has 4 N–H and O–H groups in total. The van der Waals surface area contributed by atoms with Crippen molar-refractivity contribution >= 4 is 29.6 Å². The van der Waals surface area contributed by atoms with E-state index >= 15 is 0 Å². The number of nitrogens with zero attached hydrogens (tertiary/aromatic N) is 8. The number of Topliss-reactive ketones (excluding diaryl/α,β-unsaturated/α-hetero) is 1. The Morgan fingerprint density at radius 1 is 1.05 bits per heavy atom. The number of esters is 1. The maximum absolute atomic E-state index is 14.5. The highest BCUT2D eigenvalue weighted by Gasteiger charge is 2.64. The molecule has 6 heterocycles. The van der Waals surface area contributed by atoms with Gasteiger partial charge in [0.05, 0.1) is 35.7 Å². The zero-order valence-electron chi connectivity index (χ0n) is 38.7. The molecule has 2 amide bonds. The molecule has 12 atom stereocenters. The fraction of sp³-hybridized carbons (Fsp3) is 0.659. The molecule has 0 aliphatic carbocycles. The topological polar surface area (TPSA) is 258 Å². The summed E-state index contributed by atoms with van der Waals surface area (Å²) < 4.78 is 33.9. The van der Waals surface area contributed by atoms with Crippen LogP contribution in [0, 0.1) is 11.8 Å². The number of anilines is 1. The fourth-order valence-corrected chi connectivity index (χ4v) is 9.25. The number of fused-ring (bicyclic) bond motifs is 1. The summed E-state index contributed by atoms with van der Waals surface area (Å²) in [7, 11) is 5.11. The van der Waals surface area contributed by atoms with Crippen molar-refractivity contribution in [1.29, 1.82) is 0 Å². The average molecular weight is 909 g/mol. The lowest BCUT2D eigenvalue weighted by molar-refractivity contribution is -0.289. The van der Waals surface area contributed by atoms with Gasteiger partial charge in [0.25, 0.3) is 5.72 Å². The summed E-state index contributed by atoms with van der Waals surface area (Å²) in [6.45, 7) is 10.5. The number of aliphatic hydroxyl groups excluding tert-OH is 1. The van der Waals surface area contributed by atoms with E-state index in [2.05, 4.69) is 25.6 Å². The number of rotatable bonds is 12. The van der Waals surface area contributed by atoms with Gasteiger partial charge in [-0.3, -0.25) is 33.5 Å². The highest BCUT2D eigenvalue weighted by Crippen LogP contribution is 2.42. The van der Waals surface area contributed by atoms with Crippen LogP contribution in [0.4, 0.5) is 10.6 Å². The molecule has 6 rings (SSSR count). The number of carbonyl (C=O) groups excluding carboxylic acids is 4. The molecule has 0 aromatic carbocycles. The van der Waals surface area contributed by atoms with Gasteiger partial charge >= 0.3 is 17.8 Å². The first-order valence-corrected chi connectivity index (χ1v) is 22.2. The van der Waals surface area contributed by atoms with Crippen molar-refractivity contribution in [2.45, 2.75) is 147 Å². The van der Waals surface area contributed by atoms with E-state index in [0.717, 1.165) is 4.57 Å². The van der Waals surface area contributed by atoms with Crippen LogP contribution in [0.2, 0.25) is 0 Å². The first-order chi connectivity index (χ1) is 30.8. The molecule has 2 unspecified atom stereocenters. The third-order valence-corrected chi connectivity index (χ3v) is 13.0. The van der Waals surface area contributed by atoms with E-state index in [0.29, 0.717) is 37.2 Å². The maximum Gasteiger partial charge on any atom is 0.412 e. The average Bonchev–Trinajstić information content (AvgIpc) is 3.86. The number of methoxy groups -OCH3 is 1. The first-order valence-electron chi connectivity index (χ1n) is 22.2. The SMILES string of the molecule is CC[C@H]1OC(=O)[C@H](C)C(=O)C[C@@H](O[C@@H]2O[C@H](C)CC(N(C)C)C2O)[C@](C)(OC)C[C@@H](C)C(=O)N[C@H](C)[C@H]2N(CCCCn3cc(-c4ccccn4)nn3)C(=O)O[C@]12n1ccc(N)nc1=O. The highest BCUT2D eigenvalue weighted by atomic mass is 16.7. The third kappa shape index (κ3) is 10.4. The monoisotopic (exact) mass is 908 g/mol. The van der Waals surface area contributed by atoms with Gasteiger partial charge in [0.1, 0.15) is 35.4 Å². The zero-order valence-corrected chi connectivity index (χ0v) is 38.7. The summed E-state index contributed by atoms with van der Waals surface area (Å²) >= 11 is 0. The largest absolute Gasteiger partial charge is 0.455 e. The van der Waals surface area contributed by atoms with Crippen molar-refractivity contribution in [3.63, 3.8) is 0 Å². The van der Waals surface area contributed by atoms with Gasteiger partial charge in [-0.15, -0.1) is 5.10 Å². The van der Waals surface area contributed by atoms with E-state index < -0.39 is 95.7 Å². The van der Waals surface area contributed by atoms with Crippen LogP contribution >= 0.6 is 0 Å². The molecule has 3 fully saturated rings. The summed E-state index contributed by atoms with van der Waals surface area (Å²) in [5, 5.41) is 23.0. The van der Waals surface area contributed by atoms with Crippen molar-refractivity contribution in [3.8, 4) is 11.4 Å². The second-order valence-electron chi connectivity index (χ2n) is 17.9. The number of likely N-dealkylation sites (N-methyl/N-ethyl adjacent to an activating group) is 1. The molecule has 356 valence electrons. The number of ether oxygens (including phenoxy) is 5. The number of nitrogens with two attached hydrogens (primary N) is 1. The van der Waals surface area contributed by atoms with Gasteiger partial charge in [0.15, 0.2) is 12.4 Å². The quantitative estimate of drug-likeness (QED) is 0.134. The lowest BCUT2D eigenvalue weighted by atomic mass is 9.83. The number of ketones is 1. The summed E-state index contributed by atoms with van der Waals surface area (Å²) in [6, 6.07) is 4.36. The maximum atomic E-state index is 14.5. The number of aryl methyl sites for hydroxylation is 1. The normalized spacial score (nSPS) is 32.9. The molecule has 65 heavy (non-hydrogen) atoms. The molecule has 3 aromatic heterocycles. The van der Waals surface area contributed by atoms with E-state index in [-0.39, 0.29) is 37.4 Å². The van der Waals surface area contributed by atoms with Gasteiger partial charge in [-0.1, -0.05) is 25.1 Å². The van der Waals surface area contributed by atoms with Crippen LogP contribution in [0.15, 0.2) is 47.7 Å². The van der Waals surface area contributed by atoms with E-state index in [1.54, 1.807) is 44.8 Å². The Kier molecular flexibility index (Phi) is 15.4. The number of aromatic nitrogens is 6. The molecule has 3 aromatic rings. The van der Waals surface area contributed by atoms with Crippen LogP contribution < -0.4 is 16.7 Å². The van der Waals surface area contributed by atoms with Crippen LogP contribution in [-0.2, 0) is 50.3 Å². The van der Waals surface area contributed by atoms with Crippen LogP contribution in [0.3, 0.4) is 0 Å². The van der Waals surface area contributed by atoms with Gasteiger partial charge in [-0.05, 0) is 92.1 Å². The minimum Gasteiger partial charge on any atom is -0.455 e. The molecule has 3 aliphatic rings. The van der Waals surface area contributed by atoms with Crippen molar-refractivity contribution in [2.75, 3.05) is 33.5 Å². The van der Waals surface area contributed by atoms with Gasteiger partial charge in [0, 0.05) is 51.0 Å². The van der Waals surface area contributed by atoms with Gasteiger partial charge in [0.2, 0.25) is 5.91 Å². The lowest BCUT2D eigenvalue weighted by Gasteiger charge is -2.45. The summed E-state index contributed by atoms with van der Waals surface area (Å²) in [5.74, 6) is -4.33. The Morgan fingerprint density at radius 2 is 1.78 bits per heavy atom. The van der Waals surface area contributed by atoms with Gasteiger partial charge in [-0.25, -0.2) is 9.59 Å². The molecule has 3 aliphatic heterocycles. The van der Waals surface area contributed by atoms with Crippen molar-refractivity contribution < 1.29 is 48.0 Å². The van der Waals surface area contributed by atoms with Crippen molar-refractivity contribution in [3.05, 3.63) is 53.3 Å². The highest BCUT2D eigenvalue weighted by molar-refractivity contribution is 5.99. The van der Waals surface area contributed by atoms with Crippen LogP contribution in [0.1, 0.15) is 80.1 Å². The van der Waals surface area contributed by atoms with Crippen molar-refractivity contribution in [1.82, 2.24) is 44.6 Å². The second-order valence-corrected chi connectivity index (χ2v) is 17.9. The Bertz CT molecular complexity index is 2210. The smallest absolute Gasteiger partial charge is 0.412 e. The molecular weight excluding hydrogens is 845 g/mol. The molecule has 21 nitrogen and oxygen atoms in total. The second kappa shape index (κ2) is 20.4. The van der Waals surface area contributed by atoms with Gasteiger partial charge in [-0.2, -0.15) is 4.98 Å². The fourth-order valence-electron chi connectivity index (χ4n) is 9.25. The molecule has 0 spiro atoms. The van der Waals surface area contributed by atoms with Gasteiger partial charge < -0.3 is 44.7 Å². The number of amides is 2. The molecule has 21 heteroatoms. The Morgan fingerprint density at radius 3 is 2.45 bits per heavy atom. The summed E-state index contributed by atoms with van der Waals surface area (Å²) in [4.78, 5) is 82.9. The Balaban J connectivity index is 1.36. The van der Waals surface area contributed by atoms with Crippen LogP contribution in [-0.4, -0.2) is 150 Å². The molecule has 3 saturated heterocycles. The third-order valence-electron chi connectivity index (χ3n) is 13.0. The standard InChI is InChI=1S/C44H64N10O11/c1-10-33-44(54-20-16-35(45)48-41(54)59)37(53(42(60)65-44)19-14-13-18-52-24-30(49-50-52)29-15-11-12-17-46-29)28(5)47-38(57)25(2)23-43(6,61-9)34(22-32(55)27(4)39(58)63-33)64-40-36(56)31(51(7)8)21-26(3)62-40/h11-12,15-17,20,24-28,31,33-34,36-37,40,56H,10,13-14,18-19,21-23H2,1-9H3,(H,47,57)(H2,45,48,59)/t25-,26-,27-,28-,31?,33-,34-,36?,37-,40+,43-,44-/m1/s1. The predicted octanol–water partition coefficient (Wildman–Crippen LogP) is 2.11. The number of nitrogens with one attached hydrogen (secondary N) is 1. The minimum absolute atomic E-state index is 0.00647. The summed E-state index contributed by atoms with van der Waals surface area (Å²) in [5.41, 5.74) is 2.83. The molecule has 0 bridgehead atoms. The van der Waals surface area contributed by atoms with E-state index in [1.165, 1.54) is 31.2 Å². The number of nitrogen functional groups attached to an aromatic ring is 1. The summed E-state index contributed by atoms with van der Waals surface area (Å²) in [6.07, 6.45) is -0.137. The number of unbranched alkanes of at least 4 members (excludes halogenated alkanes) is 1. The first kappa shape index (κ1) is 49.1. The zero-order chi connectivity index (χ0) is 47.4. The number of carbonyl (C=O) groups is 4. The van der Waals surface area contributed by atoms with Crippen molar-refractivity contribution in [2.24, 2.45) is 11.8 Å². The number of hydrogen-bond donors (Lipinski definition) is 3. The van der Waals surface area contributed by atoms with Crippen LogP contribution in [0.5, 0.6) is 0 Å². The Hall–Kier alpha value is -5.35. The number of hydrogen-bond acceptors (Lipinski definition) is 17. The predicted molar refractivity (Wildman–Crippen MR) is 233 cm³/mol. The Labute approximate surface area is 378 Å². The number of aliphatic hydroxyl groups is 1. The van der Waals surface area contributed by atoms with E-state index in [9.17, 15) is 29.1 Å². The lowest BCUT2D eigenvalue weighted by Crippen LogP contribution is -2.65.